The number of nitrogens with two attached hydrogens (primary N) is 1. The van der Waals surface area contributed by atoms with Gasteiger partial charge in [-0.2, -0.15) is 0 Å². The van der Waals surface area contributed by atoms with Crippen molar-refractivity contribution in [3.05, 3.63) is 39.8 Å². The first-order chi connectivity index (χ1) is 9.79. The van der Waals surface area contributed by atoms with Gasteiger partial charge in [-0.15, -0.1) is 11.3 Å². The lowest BCUT2D eigenvalue weighted by atomic mass is 9.93. The predicted molar refractivity (Wildman–Crippen MR) is 83.0 cm³/mol. The number of para-hydroxylation sites is 1. The highest BCUT2D eigenvalue weighted by atomic mass is 32.1. The summed E-state index contributed by atoms with van der Waals surface area (Å²) in [5, 5.41) is 11.9. The van der Waals surface area contributed by atoms with Crippen molar-refractivity contribution in [2.24, 2.45) is 0 Å². The van der Waals surface area contributed by atoms with Gasteiger partial charge in [-0.25, -0.2) is 9.78 Å². The van der Waals surface area contributed by atoms with Gasteiger partial charge in [0.05, 0.1) is 11.4 Å². The maximum absolute atomic E-state index is 11.2. The molecule has 6 heteroatoms. The topological polar surface area (TPSA) is 85.4 Å². The number of aromatic nitrogens is 1. The molecule has 0 aliphatic heterocycles. The normalized spacial score (nSPS) is 11.4. The van der Waals surface area contributed by atoms with Gasteiger partial charge in [0, 0.05) is 10.8 Å². The second-order valence-corrected chi connectivity index (χ2v) is 6.64. The maximum atomic E-state index is 11.2. The third kappa shape index (κ3) is 3.52. The van der Waals surface area contributed by atoms with Gasteiger partial charge in [0.2, 0.25) is 0 Å². The summed E-state index contributed by atoms with van der Waals surface area (Å²) in [6.07, 6.45) is 0. The lowest BCUT2D eigenvalue weighted by Crippen LogP contribution is -2.12. The van der Waals surface area contributed by atoms with E-state index in [9.17, 15) is 4.79 Å². The largest absolute Gasteiger partial charge is 0.483 e. The summed E-state index contributed by atoms with van der Waals surface area (Å²) in [5.74, 6) is -0.871. The zero-order chi connectivity index (χ0) is 15.6. The molecule has 1 aromatic heterocycles. The van der Waals surface area contributed by atoms with Gasteiger partial charge in [0.15, 0.2) is 5.75 Å². The van der Waals surface area contributed by atoms with Gasteiger partial charge in [-0.3, -0.25) is 0 Å². The van der Waals surface area contributed by atoms with Crippen molar-refractivity contribution in [1.29, 1.82) is 0 Å². The molecule has 2 rings (SSSR count). The Labute approximate surface area is 127 Å². The standard InChI is InChI=1S/C15H18N2O3S/c1-15(2,3)11-8-21-12(17-11)7-20-13-9(14(18)19)5-4-6-10(13)16/h4-6,8H,7,16H2,1-3H3,(H,18,19). The van der Waals surface area contributed by atoms with Crippen LogP contribution in [0.5, 0.6) is 5.75 Å². The Morgan fingerprint density at radius 2 is 2.14 bits per heavy atom. The molecule has 0 fully saturated rings. The molecule has 0 unspecified atom stereocenters. The summed E-state index contributed by atoms with van der Waals surface area (Å²) >= 11 is 1.49. The Kier molecular flexibility index (Phi) is 4.18. The first-order valence-corrected chi connectivity index (χ1v) is 7.36. The predicted octanol–water partition coefficient (Wildman–Crippen LogP) is 3.30. The number of nitrogen functional groups attached to an aromatic ring is 1. The number of benzene rings is 1. The number of carbonyl (C=O) groups is 1. The van der Waals surface area contributed by atoms with Crippen molar-refractivity contribution < 1.29 is 14.6 Å². The lowest BCUT2D eigenvalue weighted by molar-refractivity contribution is 0.0692. The number of carboxylic acids is 1. The molecule has 0 spiro atoms. The van der Waals surface area contributed by atoms with Gasteiger partial charge < -0.3 is 15.6 Å². The summed E-state index contributed by atoms with van der Waals surface area (Å²) < 4.78 is 5.58. The van der Waals surface area contributed by atoms with Crippen LogP contribution in [0.1, 0.15) is 41.8 Å². The van der Waals surface area contributed by atoms with Crippen LogP contribution in [0.3, 0.4) is 0 Å². The van der Waals surface area contributed by atoms with Gasteiger partial charge in [0.1, 0.15) is 17.2 Å². The molecule has 0 radical (unpaired) electrons. The summed E-state index contributed by atoms with van der Waals surface area (Å²) in [6, 6.07) is 4.67. The smallest absolute Gasteiger partial charge is 0.339 e. The molecule has 0 bridgehead atoms. The minimum Gasteiger partial charge on any atom is -0.483 e. The van der Waals surface area contributed by atoms with Crippen LogP contribution in [0.25, 0.3) is 0 Å². The molecule has 0 atom stereocenters. The second kappa shape index (κ2) is 5.73. The first-order valence-electron chi connectivity index (χ1n) is 6.48. The van der Waals surface area contributed by atoms with E-state index in [4.69, 9.17) is 15.6 Å². The van der Waals surface area contributed by atoms with E-state index in [1.165, 1.54) is 17.4 Å². The highest BCUT2D eigenvalue weighted by Crippen LogP contribution is 2.29. The Balaban J connectivity index is 2.17. The molecule has 1 heterocycles. The minimum atomic E-state index is -1.06. The Bertz CT molecular complexity index is 659. The third-order valence-electron chi connectivity index (χ3n) is 2.94. The monoisotopic (exact) mass is 306 g/mol. The molecular weight excluding hydrogens is 288 g/mol. The molecule has 0 amide bonds. The van der Waals surface area contributed by atoms with Crippen molar-refractivity contribution >= 4 is 23.0 Å². The van der Waals surface area contributed by atoms with E-state index in [0.29, 0.717) is 5.69 Å². The highest BCUT2D eigenvalue weighted by Gasteiger charge is 2.18. The second-order valence-electron chi connectivity index (χ2n) is 5.69. The fourth-order valence-corrected chi connectivity index (χ4v) is 2.67. The van der Waals surface area contributed by atoms with Crippen LogP contribution < -0.4 is 10.5 Å². The molecule has 0 aliphatic rings. The number of rotatable bonds is 4. The molecule has 112 valence electrons. The van der Waals surface area contributed by atoms with Crippen LogP contribution in [0.15, 0.2) is 23.6 Å². The van der Waals surface area contributed by atoms with Gasteiger partial charge in [-0.1, -0.05) is 26.8 Å². The van der Waals surface area contributed by atoms with E-state index in [0.717, 1.165) is 10.7 Å². The number of hydrogen-bond acceptors (Lipinski definition) is 5. The summed E-state index contributed by atoms with van der Waals surface area (Å²) in [4.78, 5) is 15.7. The SMILES string of the molecule is CC(C)(C)c1csc(COc2c(N)cccc2C(=O)O)n1. The number of thiazole rings is 1. The number of carboxylic acid groups (broad SMARTS) is 1. The fourth-order valence-electron chi connectivity index (χ4n) is 1.74. The number of ether oxygens (including phenoxy) is 1. The van der Waals surface area contributed by atoms with Crippen LogP contribution in [-0.2, 0) is 12.0 Å². The Hall–Kier alpha value is -2.08. The average molecular weight is 306 g/mol. The number of aromatic carboxylic acids is 1. The van der Waals surface area contributed by atoms with Crippen LogP contribution in [-0.4, -0.2) is 16.1 Å². The van der Waals surface area contributed by atoms with Crippen molar-refractivity contribution in [1.82, 2.24) is 4.98 Å². The molecule has 3 N–H and O–H groups in total. The lowest BCUT2D eigenvalue weighted by Gasteiger charge is -2.14. The van der Waals surface area contributed by atoms with Crippen molar-refractivity contribution in [2.45, 2.75) is 32.8 Å². The quantitative estimate of drug-likeness (QED) is 0.846. The molecule has 0 saturated carbocycles. The maximum Gasteiger partial charge on any atom is 0.339 e. The molecule has 0 saturated heterocycles. The molecule has 0 aliphatic carbocycles. The average Bonchev–Trinajstić information content (AvgIpc) is 2.85. The number of anilines is 1. The molecular formula is C15H18N2O3S. The van der Waals surface area contributed by atoms with Crippen molar-refractivity contribution in [2.75, 3.05) is 5.73 Å². The zero-order valence-corrected chi connectivity index (χ0v) is 13.0. The van der Waals surface area contributed by atoms with E-state index >= 15 is 0 Å². The Morgan fingerprint density at radius 3 is 2.71 bits per heavy atom. The van der Waals surface area contributed by atoms with Gasteiger partial charge in [0.25, 0.3) is 0 Å². The zero-order valence-electron chi connectivity index (χ0n) is 12.2. The van der Waals surface area contributed by atoms with Crippen LogP contribution in [0.4, 0.5) is 5.69 Å². The van der Waals surface area contributed by atoms with E-state index in [1.807, 2.05) is 5.38 Å². The fraction of sp³-hybridized carbons (Fsp3) is 0.333. The highest BCUT2D eigenvalue weighted by molar-refractivity contribution is 7.09. The molecule has 5 nitrogen and oxygen atoms in total. The van der Waals surface area contributed by atoms with E-state index in [2.05, 4.69) is 25.8 Å². The molecule has 21 heavy (non-hydrogen) atoms. The third-order valence-corrected chi connectivity index (χ3v) is 3.76. The number of nitrogens with zero attached hydrogens (tertiary/aromatic N) is 1. The van der Waals surface area contributed by atoms with E-state index in [1.54, 1.807) is 12.1 Å². The summed E-state index contributed by atoms with van der Waals surface area (Å²) in [7, 11) is 0. The van der Waals surface area contributed by atoms with Crippen molar-refractivity contribution in [3.8, 4) is 5.75 Å². The van der Waals surface area contributed by atoms with E-state index < -0.39 is 5.97 Å². The van der Waals surface area contributed by atoms with Crippen LogP contribution >= 0.6 is 11.3 Å². The molecule has 2 aromatic rings. The van der Waals surface area contributed by atoms with Crippen molar-refractivity contribution in [3.63, 3.8) is 0 Å². The van der Waals surface area contributed by atoms with Crippen LogP contribution in [0, 0.1) is 0 Å². The summed E-state index contributed by atoms with van der Waals surface area (Å²) in [6.45, 7) is 6.47. The minimum absolute atomic E-state index is 0.0211. The summed E-state index contributed by atoms with van der Waals surface area (Å²) in [5.41, 5.74) is 7.13. The first kappa shape index (κ1) is 15.3. The molecule has 1 aromatic carbocycles. The van der Waals surface area contributed by atoms with Gasteiger partial charge >= 0.3 is 5.97 Å². The Morgan fingerprint density at radius 1 is 1.43 bits per heavy atom. The number of hydrogen-bond donors (Lipinski definition) is 2. The van der Waals surface area contributed by atoms with Crippen LogP contribution in [0.2, 0.25) is 0 Å². The van der Waals surface area contributed by atoms with E-state index in [-0.39, 0.29) is 23.3 Å². The van der Waals surface area contributed by atoms with Gasteiger partial charge in [-0.05, 0) is 12.1 Å².